The lowest BCUT2D eigenvalue weighted by Gasteiger charge is -2.42. The standard InChI is InChI=1S/C17H36N2/c1-6-8-9-10-19(5)13-16-15(4)11-14(3)12-17(16)18-7-2/h14-18H,6-13H2,1-5H3. The van der Waals surface area contributed by atoms with Crippen molar-refractivity contribution in [1.82, 2.24) is 10.2 Å². The topological polar surface area (TPSA) is 15.3 Å². The van der Waals surface area contributed by atoms with Gasteiger partial charge in [-0.15, -0.1) is 0 Å². The van der Waals surface area contributed by atoms with E-state index >= 15 is 0 Å². The Labute approximate surface area is 121 Å². The Hall–Kier alpha value is -0.0800. The summed E-state index contributed by atoms with van der Waals surface area (Å²) in [6, 6.07) is 0.734. The monoisotopic (exact) mass is 268 g/mol. The minimum Gasteiger partial charge on any atom is -0.314 e. The molecule has 0 aromatic carbocycles. The van der Waals surface area contributed by atoms with Crippen LogP contribution in [0.5, 0.6) is 0 Å². The summed E-state index contributed by atoms with van der Waals surface area (Å²) in [7, 11) is 2.31. The Bertz CT molecular complexity index is 229. The predicted molar refractivity (Wildman–Crippen MR) is 85.5 cm³/mol. The first kappa shape index (κ1) is 17.0. The molecule has 1 aliphatic carbocycles. The van der Waals surface area contributed by atoms with E-state index in [0.717, 1.165) is 30.3 Å². The average Bonchev–Trinajstić information content (AvgIpc) is 2.34. The number of hydrogen-bond acceptors (Lipinski definition) is 2. The summed E-state index contributed by atoms with van der Waals surface area (Å²) < 4.78 is 0. The van der Waals surface area contributed by atoms with Crippen LogP contribution in [0.3, 0.4) is 0 Å². The fourth-order valence-corrected chi connectivity index (χ4v) is 3.80. The molecule has 0 radical (unpaired) electrons. The zero-order valence-electron chi connectivity index (χ0n) is 13.9. The van der Waals surface area contributed by atoms with Crippen LogP contribution in [-0.2, 0) is 0 Å². The maximum atomic E-state index is 3.74. The summed E-state index contributed by atoms with van der Waals surface area (Å²) in [6.07, 6.45) is 6.83. The second kappa shape index (κ2) is 8.97. The van der Waals surface area contributed by atoms with Crippen LogP contribution >= 0.6 is 0 Å². The Morgan fingerprint density at radius 2 is 1.84 bits per heavy atom. The van der Waals surface area contributed by atoms with Crippen molar-refractivity contribution in [2.24, 2.45) is 17.8 Å². The molecule has 0 bridgehead atoms. The van der Waals surface area contributed by atoms with Gasteiger partial charge in [0.05, 0.1) is 0 Å². The maximum Gasteiger partial charge on any atom is 0.0112 e. The molecule has 19 heavy (non-hydrogen) atoms. The lowest BCUT2D eigenvalue weighted by molar-refractivity contribution is 0.111. The third-order valence-corrected chi connectivity index (χ3v) is 4.81. The smallest absolute Gasteiger partial charge is 0.0112 e. The molecule has 2 heteroatoms. The van der Waals surface area contributed by atoms with Crippen molar-refractivity contribution in [3.63, 3.8) is 0 Å². The second-order valence-electron chi connectivity index (χ2n) is 6.85. The van der Waals surface area contributed by atoms with Crippen molar-refractivity contribution in [3.05, 3.63) is 0 Å². The second-order valence-corrected chi connectivity index (χ2v) is 6.85. The largest absolute Gasteiger partial charge is 0.314 e. The van der Waals surface area contributed by atoms with Crippen LogP contribution in [0, 0.1) is 17.8 Å². The van der Waals surface area contributed by atoms with E-state index in [2.05, 4.69) is 45.0 Å². The van der Waals surface area contributed by atoms with Gasteiger partial charge in [0.25, 0.3) is 0 Å². The molecule has 0 aromatic heterocycles. The molecule has 1 aliphatic rings. The van der Waals surface area contributed by atoms with Gasteiger partial charge in [-0.05, 0) is 57.2 Å². The van der Waals surface area contributed by atoms with Crippen molar-refractivity contribution in [3.8, 4) is 0 Å². The van der Waals surface area contributed by atoms with Gasteiger partial charge in [0, 0.05) is 12.6 Å². The Morgan fingerprint density at radius 1 is 1.11 bits per heavy atom. The van der Waals surface area contributed by atoms with E-state index in [4.69, 9.17) is 0 Å². The average molecular weight is 268 g/mol. The number of unbranched alkanes of at least 4 members (excludes halogenated alkanes) is 2. The maximum absolute atomic E-state index is 3.74. The predicted octanol–water partition coefficient (Wildman–Crippen LogP) is 3.77. The van der Waals surface area contributed by atoms with Crippen LogP contribution in [0.4, 0.5) is 0 Å². The molecule has 0 amide bonds. The van der Waals surface area contributed by atoms with E-state index in [0.29, 0.717) is 0 Å². The highest BCUT2D eigenvalue weighted by Gasteiger charge is 2.33. The van der Waals surface area contributed by atoms with Crippen molar-refractivity contribution in [2.75, 3.05) is 26.7 Å². The van der Waals surface area contributed by atoms with E-state index in [1.54, 1.807) is 0 Å². The van der Waals surface area contributed by atoms with E-state index < -0.39 is 0 Å². The molecule has 0 heterocycles. The fourth-order valence-electron chi connectivity index (χ4n) is 3.80. The van der Waals surface area contributed by atoms with E-state index in [1.165, 1.54) is 45.2 Å². The van der Waals surface area contributed by atoms with E-state index in [-0.39, 0.29) is 0 Å². The van der Waals surface area contributed by atoms with Gasteiger partial charge >= 0.3 is 0 Å². The van der Waals surface area contributed by atoms with Gasteiger partial charge in [-0.2, -0.15) is 0 Å². The van der Waals surface area contributed by atoms with Gasteiger partial charge in [0.1, 0.15) is 0 Å². The minimum atomic E-state index is 0.734. The van der Waals surface area contributed by atoms with E-state index in [1.807, 2.05) is 0 Å². The van der Waals surface area contributed by atoms with Crippen LogP contribution in [0.15, 0.2) is 0 Å². The molecular formula is C17H36N2. The van der Waals surface area contributed by atoms with Crippen molar-refractivity contribution < 1.29 is 0 Å². The normalized spacial score (nSPS) is 31.9. The first-order chi connectivity index (χ1) is 9.08. The molecule has 1 fully saturated rings. The van der Waals surface area contributed by atoms with Gasteiger partial charge in [-0.1, -0.05) is 40.5 Å². The third-order valence-electron chi connectivity index (χ3n) is 4.81. The van der Waals surface area contributed by atoms with Gasteiger partial charge in [-0.25, -0.2) is 0 Å². The zero-order chi connectivity index (χ0) is 14.3. The van der Waals surface area contributed by atoms with Gasteiger partial charge in [0.2, 0.25) is 0 Å². The molecule has 1 N–H and O–H groups in total. The first-order valence-corrected chi connectivity index (χ1v) is 8.50. The molecule has 4 atom stereocenters. The van der Waals surface area contributed by atoms with Crippen LogP contribution in [0.1, 0.15) is 59.8 Å². The molecule has 0 spiro atoms. The van der Waals surface area contributed by atoms with Gasteiger partial charge in [0.15, 0.2) is 0 Å². The highest BCUT2D eigenvalue weighted by atomic mass is 15.1. The Morgan fingerprint density at radius 3 is 2.47 bits per heavy atom. The fraction of sp³-hybridized carbons (Fsp3) is 1.00. The zero-order valence-corrected chi connectivity index (χ0v) is 13.9. The lowest BCUT2D eigenvalue weighted by atomic mass is 9.72. The summed E-state index contributed by atoms with van der Waals surface area (Å²) in [4.78, 5) is 2.57. The summed E-state index contributed by atoms with van der Waals surface area (Å²) in [5.41, 5.74) is 0. The summed E-state index contributed by atoms with van der Waals surface area (Å²) >= 11 is 0. The number of rotatable bonds is 8. The summed E-state index contributed by atoms with van der Waals surface area (Å²) in [6.45, 7) is 13.1. The van der Waals surface area contributed by atoms with Crippen molar-refractivity contribution in [2.45, 2.75) is 65.8 Å². The lowest BCUT2D eigenvalue weighted by Crippen LogP contribution is -2.48. The minimum absolute atomic E-state index is 0.734. The first-order valence-electron chi connectivity index (χ1n) is 8.50. The van der Waals surface area contributed by atoms with Crippen LogP contribution in [-0.4, -0.2) is 37.6 Å². The highest BCUT2D eigenvalue weighted by molar-refractivity contribution is 4.88. The van der Waals surface area contributed by atoms with Crippen LogP contribution in [0.2, 0.25) is 0 Å². The third kappa shape index (κ3) is 5.83. The van der Waals surface area contributed by atoms with Gasteiger partial charge in [-0.3, -0.25) is 0 Å². The molecule has 0 saturated heterocycles. The van der Waals surface area contributed by atoms with Crippen LogP contribution < -0.4 is 5.32 Å². The molecule has 2 nitrogen and oxygen atoms in total. The number of hydrogen-bond donors (Lipinski definition) is 1. The molecular weight excluding hydrogens is 232 g/mol. The SMILES string of the molecule is CCCCCN(C)CC1C(C)CC(C)CC1NCC. The van der Waals surface area contributed by atoms with Crippen molar-refractivity contribution >= 4 is 0 Å². The quantitative estimate of drug-likeness (QED) is 0.674. The number of nitrogens with one attached hydrogen (secondary N) is 1. The number of nitrogens with zero attached hydrogens (tertiary/aromatic N) is 1. The molecule has 4 unspecified atom stereocenters. The molecule has 1 saturated carbocycles. The molecule has 1 rings (SSSR count). The Kier molecular flexibility index (Phi) is 8.01. The Balaban J connectivity index is 2.46. The van der Waals surface area contributed by atoms with Crippen molar-refractivity contribution in [1.29, 1.82) is 0 Å². The molecule has 0 aliphatic heterocycles. The summed E-state index contributed by atoms with van der Waals surface area (Å²) in [5.74, 6) is 2.59. The molecule has 114 valence electrons. The van der Waals surface area contributed by atoms with E-state index in [9.17, 15) is 0 Å². The highest BCUT2D eigenvalue weighted by Crippen LogP contribution is 2.34. The van der Waals surface area contributed by atoms with Crippen LogP contribution in [0.25, 0.3) is 0 Å². The summed E-state index contributed by atoms with van der Waals surface area (Å²) in [5, 5.41) is 3.74. The van der Waals surface area contributed by atoms with Gasteiger partial charge < -0.3 is 10.2 Å². The molecule has 0 aromatic rings.